The first-order chi connectivity index (χ1) is 14.9. The van der Waals surface area contributed by atoms with Gasteiger partial charge in [-0.3, -0.25) is 0 Å². The number of hydrogen-bond donors (Lipinski definition) is 0. The van der Waals surface area contributed by atoms with Crippen molar-refractivity contribution in [3.8, 4) is 0 Å². The standard InChI is InChI=1S/C27H41F3O/c1-5-8-9-10-20-11-13-22(14-12-20)21(7-3)18-31-27(19(4)6-2)23-15-25(29)24(17-28)26(30)16-23/h5,8,15-16,19-22,27H,6-7,9-14,17-18H2,1-4H3/b8-5+/t19-,20?,21?,22?,27?/m1/s1. The lowest BCUT2D eigenvalue weighted by atomic mass is 9.74. The molecule has 0 aromatic heterocycles. The molecule has 1 fully saturated rings. The van der Waals surface area contributed by atoms with Crippen LogP contribution in [0.1, 0.15) is 96.3 Å². The van der Waals surface area contributed by atoms with Crippen LogP contribution in [0.15, 0.2) is 24.3 Å². The highest BCUT2D eigenvalue weighted by Gasteiger charge is 2.29. The molecule has 1 aromatic rings. The van der Waals surface area contributed by atoms with Crippen molar-refractivity contribution in [1.82, 2.24) is 0 Å². The van der Waals surface area contributed by atoms with Gasteiger partial charge in [0.1, 0.15) is 18.3 Å². The monoisotopic (exact) mass is 438 g/mol. The highest BCUT2D eigenvalue weighted by Crippen LogP contribution is 2.38. The van der Waals surface area contributed by atoms with E-state index in [4.69, 9.17) is 4.74 Å². The van der Waals surface area contributed by atoms with Gasteiger partial charge in [-0.25, -0.2) is 13.2 Å². The van der Waals surface area contributed by atoms with E-state index in [-0.39, 0.29) is 12.0 Å². The third kappa shape index (κ3) is 7.37. The second-order valence-corrected chi connectivity index (χ2v) is 9.33. The van der Waals surface area contributed by atoms with E-state index in [9.17, 15) is 13.2 Å². The maximum atomic E-state index is 14.2. The van der Waals surface area contributed by atoms with E-state index in [0.717, 1.165) is 18.8 Å². The molecular weight excluding hydrogens is 397 g/mol. The predicted molar refractivity (Wildman–Crippen MR) is 123 cm³/mol. The summed E-state index contributed by atoms with van der Waals surface area (Å²) in [7, 11) is 0. The Bertz CT molecular complexity index is 656. The molecule has 0 N–H and O–H groups in total. The number of halogens is 3. The molecule has 4 heteroatoms. The van der Waals surface area contributed by atoms with Crippen LogP contribution in [-0.4, -0.2) is 6.61 Å². The largest absolute Gasteiger partial charge is 0.373 e. The third-order valence-electron chi connectivity index (χ3n) is 7.34. The molecule has 0 amide bonds. The van der Waals surface area contributed by atoms with Gasteiger partial charge in [0.25, 0.3) is 0 Å². The first-order valence-electron chi connectivity index (χ1n) is 12.2. The van der Waals surface area contributed by atoms with Crippen molar-refractivity contribution >= 4 is 0 Å². The predicted octanol–water partition coefficient (Wildman–Crippen LogP) is 8.73. The molecule has 1 saturated carbocycles. The minimum absolute atomic E-state index is 0.120. The molecule has 0 heterocycles. The Morgan fingerprint density at radius 3 is 2.23 bits per heavy atom. The van der Waals surface area contributed by atoms with Gasteiger partial charge < -0.3 is 4.74 Å². The summed E-state index contributed by atoms with van der Waals surface area (Å²) < 4.78 is 47.7. The van der Waals surface area contributed by atoms with Crippen molar-refractivity contribution in [3.63, 3.8) is 0 Å². The Kier molecular flexibility index (Phi) is 11.1. The molecule has 1 aliphatic rings. The lowest BCUT2D eigenvalue weighted by Gasteiger charge is -2.35. The van der Waals surface area contributed by atoms with Gasteiger partial charge >= 0.3 is 0 Å². The zero-order valence-corrected chi connectivity index (χ0v) is 19.8. The fourth-order valence-corrected chi connectivity index (χ4v) is 4.98. The van der Waals surface area contributed by atoms with Crippen LogP contribution < -0.4 is 0 Å². The minimum Gasteiger partial charge on any atom is -0.373 e. The molecule has 0 radical (unpaired) electrons. The van der Waals surface area contributed by atoms with Crippen molar-refractivity contribution in [3.05, 3.63) is 47.0 Å². The molecule has 1 aliphatic carbocycles. The average molecular weight is 439 g/mol. The zero-order valence-electron chi connectivity index (χ0n) is 19.8. The van der Waals surface area contributed by atoms with Crippen molar-refractivity contribution in [1.29, 1.82) is 0 Å². The van der Waals surface area contributed by atoms with E-state index in [2.05, 4.69) is 32.9 Å². The van der Waals surface area contributed by atoms with Gasteiger partial charge in [-0.05, 0) is 74.0 Å². The van der Waals surface area contributed by atoms with Crippen LogP contribution in [-0.2, 0) is 11.4 Å². The summed E-state index contributed by atoms with van der Waals surface area (Å²) in [6.07, 6.45) is 13.4. The fraction of sp³-hybridized carbons (Fsp3) is 0.704. The van der Waals surface area contributed by atoms with E-state index in [1.54, 1.807) is 0 Å². The summed E-state index contributed by atoms with van der Waals surface area (Å²) in [5.74, 6) is 0.426. The average Bonchev–Trinajstić information content (AvgIpc) is 2.77. The van der Waals surface area contributed by atoms with Crippen LogP contribution in [0, 0.1) is 35.3 Å². The summed E-state index contributed by atoms with van der Waals surface area (Å²) >= 11 is 0. The maximum absolute atomic E-state index is 14.2. The first kappa shape index (κ1) is 26.0. The van der Waals surface area contributed by atoms with E-state index < -0.39 is 23.9 Å². The lowest BCUT2D eigenvalue weighted by molar-refractivity contribution is -0.0224. The van der Waals surface area contributed by atoms with Crippen LogP contribution in [0.25, 0.3) is 0 Å². The smallest absolute Gasteiger partial charge is 0.132 e. The molecule has 0 bridgehead atoms. The number of benzene rings is 1. The summed E-state index contributed by atoms with van der Waals surface area (Å²) in [6.45, 7) is 7.85. The maximum Gasteiger partial charge on any atom is 0.132 e. The summed E-state index contributed by atoms with van der Waals surface area (Å²) in [5, 5.41) is 0. The van der Waals surface area contributed by atoms with Crippen molar-refractivity contribution in [2.75, 3.05) is 6.61 Å². The number of allylic oxidation sites excluding steroid dienone is 2. The van der Waals surface area contributed by atoms with Gasteiger partial charge in [-0.1, -0.05) is 58.6 Å². The van der Waals surface area contributed by atoms with E-state index in [0.29, 0.717) is 24.0 Å². The Morgan fingerprint density at radius 1 is 1.06 bits per heavy atom. The molecule has 1 aromatic carbocycles. The Labute approximate surface area is 187 Å². The lowest BCUT2D eigenvalue weighted by Crippen LogP contribution is -2.26. The van der Waals surface area contributed by atoms with Crippen LogP contribution in [0.3, 0.4) is 0 Å². The molecule has 1 nitrogen and oxygen atoms in total. The van der Waals surface area contributed by atoms with Crippen LogP contribution in [0.2, 0.25) is 0 Å². The van der Waals surface area contributed by atoms with Gasteiger partial charge in [0.2, 0.25) is 0 Å². The number of hydrogen-bond acceptors (Lipinski definition) is 1. The molecule has 2 unspecified atom stereocenters. The van der Waals surface area contributed by atoms with Gasteiger partial charge in [0.15, 0.2) is 0 Å². The van der Waals surface area contributed by atoms with Gasteiger partial charge in [-0.15, -0.1) is 0 Å². The number of alkyl halides is 1. The third-order valence-corrected chi connectivity index (χ3v) is 7.34. The summed E-state index contributed by atoms with van der Waals surface area (Å²) in [5.41, 5.74) is -0.0200. The van der Waals surface area contributed by atoms with E-state index in [1.165, 1.54) is 50.7 Å². The highest BCUT2D eigenvalue weighted by atomic mass is 19.1. The fourth-order valence-electron chi connectivity index (χ4n) is 4.98. The Hall–Kier alpha value is -1.29. The van der Waals surface area contributed by atoms with Crippen molar-refractivity contribution < 1.29 is 17.9 Å². The van der Waals surface area contributed by atoms with E-state index in [1.807, 2.05) is 6.92 Å². The first-order valence-corrected chi connectivity index (χ1v) is 12.2. The van der Waals surface area contributed by atoms with Crippen molar-refractivity contribution in [2.24, 2.45) is 23.7 Å². The van der Waals surface area contributed by atoms with Gasteiger partial charge in [0, 0.05) is 0 Å². The molecule has 0 aliphatic heterocycles. The quantitative estimate of drug-likeness (QED) is 0.296. The second kappa shape index (κ2) is 13.3. The highest BCUT2D eigenvalue weighted by molar-refractivity contribution is 5.27. The molecule has 176 valence electrons. The molecule has 0 saturated heterocycles. The van der Waals surface area contributed by atoms with Crippen LogP contribution in [0.4, 0.5) is 13.2 Å². The molecule has 2 rings (SSSR count). The van der Waals surface area contributed by atoms with Crippen LogP contribution in [0.5, 0.6) is 0 Å². The molecule has 31 heavy (non-hydrogen) atoms. The Balaban J connectivity index is 2.01. The SMILES string of the molecule is C/C=C/CCC1CCC(C(CC)COC(c2cc(F)c(CF)c(F)c2)[C@H](C)CC)CC1. The molecular formula is C27H41F3O. The summed E-state index contributed by atoms with van der Waals surface area (Å²) in [6, 6.07) is 2.51. The molecule has 0 spiro atoms. The molecule has 3 atom stereocenters. The number of rotatable bonds is 12. The zero-order chi connectivity index (χ0) is 22.8. The van der Waals surface area contributed by atoms with Crippen LogP contribution >= 0.6 is 0 Å². The van der Waals surface area contributed by atoms with Gasteiger partial charge in [-0.2, -0.15) is 0 Å². The normalized spacial score (nSPS) is 22.5. The summed E-state index contributed by atoms with van der Waals surface area (Å²) in [4.78, 5) is 0. The Morgan fingerprint density at radius 2 is 1.71 bits per heavy atom. The number of ether oxygens (including phenoxy) is 1. The van der Waals surface area contributed by atoms with Crippen molar-refractivity contribution in [2.45, 2.75) is 91.8 Å². The minimum atomic E-state index is -1.14. The topological polar surface area (TPSA) is 9.23 Å². The van der Waals surface area contributed by atoms with E-state index >= 15 is 0 Å². The van der Waals surface area contributed by atoms with Gasteiger partial charge in [0.05, 0.1) is 18.3 Å². The second-order valence-electron chi connectivity index (χ2n) is 9.33.